The van der Waals surface area contributed by atoms with Crippen LogP contribution in [0.5, 0.6) is 5.75 Å². The van der Waals surface area contributed by atoms with Gasteiger partial charge in [0.25, 0.3) is 0 Å². The summed E-state index contributed by atoms with van der Waals surface area (Å²) in [6.45, 7) is 0. The van der Waals surface area contributed by atoms with Crippen molar-refractivity contribution in [1.82, 2.24) is 0 Å². The number of carbonyl (C=O) groups is 1. The minimum Gasteiger partial charge on any atom is -0.489 e. The van der Waals surface area contributed by atoms with Crippen molar-refractivity contribution in [3.63, 3.8) is 0 Å². The van der Waals surface area contributed by atoms with E-state index in [2.05, 4.69) is 0 Å². The first kappa shape index (κ1) is 13.2. The van der Waals surface area contributed by atoms with E-state index in [1.807, 2.05) is 0 Å². The molecule has 1 aliphatic rings. The van der Waals surface area contributed by atoms with E-state index in [9.17, 15) is 13.2 Å². The third-order valence-electron chi connectivity index (χ3n) is 2.66. The van der Waals surface area contributed by atoms with E-state index in [-0.39, 0.29) is 22.1 Å². The molecule has 0 amide bonds. The van der Waals surface area contributed by atoms with Crippen LogP contribution in [-0.4, -0.2) is 37.1 Å². The maximum Gasteiger partial charge on any atom is 0.337 e. The van der Waals surface area contributed by atoms with Crippen LogP contribution < -0.4 is 4.74 Å². The SMILES string of the molecule is O=C(O)c1cc(OC2CCS(=O)(=O)C2)ccc1Cl. The minimum absolute atomic E-state index is 0.0297. The monoisotopic (exact) mass is 290 g/mol. The summed E-state index contributed by atoms with van der Waals surface area (Å²) in [7, 11) is -3.02. The maximum absolute atomic E-state index is 11.3. The molecule has 1 aromatic carbocycles. The zero-order chi connectivity index (χ0) is 13.3. The Balaban J connectivity index is 2.16. The molecular weight excluding hydrogens is 280 g/mol. The number of halogens is 1. The van der Waals surface area contributed by atoms with Crippen molar-refractivity contribution in [1.29, 1.82) is 0 Å². The topological polar surface area (TPSA) is 80.7 Å². The molecule has 98 valence electrons. The summed E-state index contributed by atoms with van der Waals surface area (Å²) in [6.07, 6.45) is 0.00529. The average molecular weight is 291 g/mol. The fourth-order valence-corrected chi connectivity index (χ4v) is 3.58. The molecule has 1 atom stereocenters. The van der Waals surface area contributed by atoms with E-state index in [0.29, 0.717) is 12.2 Å². The van der Waals surface area contributed by atoms with Crippen molar-refractivity contribution in [2.45, 2.75) is 12.5 Å². The summed E-state index contributed by atoms with van der Waals surface area (Å²) in [5.41, 5.74) is -0.0602. The van der Waals surface area contributed by atoms with Gasteiger partial charge in [0, 0.05) is 0 Å². The molecular formula is C11H11ClO5S. The van der Waals surface area contributed by atoms with Gasteiger partial charge in [0.15, 0.2) is 9.84 Å². The predicted molar refractivity (Wildman–Crippen MR) is 66.1 cm³/mol. The molecule has 1 aromatic rings. The van der Waals surface area contributed by atoms with Crippen LogP contribution in [0.25, 0.3) is 0 Å². The highest BCUT2D eigenvalue weighted by atomic mass is 35.5. The van der Waals surface area contributed by atoms with E-state index in [4.69, 9.17) is 21.4 Å². The summed E-state index contributed by atoms with van der Waals surface area (Å²) < 4.78 is 28.0. The predicted octanol–water partition coefficient (Wildman–Crippen LogP) is 1.60. The van der Waals surface area contributed by atoms with Gasteiger partial charge in [-0.2, -0.15) is 0 Å². The second kappa shape index (κ2) is 4.78. The van der Waals surface area contributed by atoms with Crippen molar-refractivity contribution >= 4 is 27.4 Å². The van der Waals surface area contributed by atoms with E-state index in [1.165, 1.54) is 18.2 Å². The van der Waals surface area contributed by atoms with Crippen molar-refractivity contribution < 1.29 is 23.1 Å². The smallest absolute Gasteiger partial charge is 0.337 e. The Labute approximate surface area is 109 Å². The van der Waals surface area contributed by atoms with Gasteiger partial charge >= 0.3 is 5.97 Å². The van der Waals surface area contributed by atoms with Gasteiger partial charge in [0.1, 0.15) is 11.9 Å². The van der Waals surface area contributed by atoms with E-state index >= 15 is 0 Å². The van der Waals surface area contributed by atoms with Crippen molar-refractivity contribution in [2.75, 3.05) is 11.5 Å². The van der Waals surface area contributed by atoms with Crippen LogP contribution in [0.1, 0.15) is 16.8 Å². The quantitative estimate of drug-likeness (QED) is 0.914. The Kier molecular flexibility index (Phi) is 3.49. The van der Waals surface area contributed by atoms with Gasteiger partial charge in [0.2, 0.25) is 0 Å². The Morgan fingerprint density at radius 3 is 2.72 bits per heavy atom. The molecule has 1 fully saturated rings. The van der Waals surface area contributed by atoms with Crippen LogP contribution in [0, 0.1) is 0 Å². The lowest BCUT2D eigenvalue weighted by atomic mass is 10.2. The molecule has 0 spiro atoms. The number of sulfone groups is 1. The van der Waals surface area contributed by atoms with Crippen molar-refractivity contribution in [3.05, 3.63) is 28.8 Å². The molecule has 0 bridgehead atoms. The largest absolute Gasteiger partial charge is 0.489 e. The molecule has 1 saturated heterocycles. The Bertz CT molecular complexity index is 581. The highest BCUT2D eigenvalue weighted by Crippen LogP contribution is 2.25. The van der Waals surface area contributed by atoms with Crippen LogP contribution >= 0.6 is 11.6 Å². The third kappa shape index (κ3) is 2.94. The first-order valence-electron chi connectivity index (χ1n) is 5.27. The lowest BCUT2D eigenvalue weighted by molar-refractivity contribution is 0.0696. The number of rotatable bonds is 3. The second-order valence-electron chi connectivity index (χ2n) is 4.09. The minimum atomic E-state index is -3.02. The molecule has 0 radical (unpaired) electrons. The molecule has 1 heterocycles. The average Bonchev–Trinajstić information content (AvgIpc) is 2.60. The van der Waals surface area contributed by atoms with Gasteiger partial charge < -0.3 is 9.84 Å². The van der Waals surface area contributed by atoms with Crippen molar-refractivity contribution in [3.8, 4) is 5.75 Å². The van der Waals surface area contributed by atoms with E-state index in [1.54, 1.807) is 0 Å². The molecule has 0 saturated carbocycles. The number of benzene rings is 1. The molecule has 2 rings (SSSR count). The fraction of sp³-hybridized carbons (Fsp3) is 0.364. The lowest BCUT2D eigenvalue weighted by Gasteiger charge is -2.12. The van der Waals surface area contributed by atoms with Crippen LogP contribution in [0.15, 0.2) is 18.2 Å². The van der Waals surface area contributed by atoms with Crippen LogP contribution in [0.3, 0.4) is 0 Å². The van der Waals surface area contributed by atoms with Crippen LogP contribution in [0.2, 0.25) is 5.02 Å². The Morgan fingerprint density at radius 1 is 1.44 bits per heavy atom. The van der Waals surface area contributed by atoms with Crippen molar-refractivity contribution in [2.24, 2.45) is 0 Å². The summed E-state index contributed by atoms with van der Waals surface area (Å²) in [4.78, 5) is 10.9. The van der Waals surface area contributed by atoms with Gasteiger partial charge in [-0.25, -0.2) is 13.2 Å². The molecule has 1 unspecified atom stereocenters. The fourth-order valence-electron chi connectivity index (χ4n) is 1.79. The summed E-state index contributed by atoms with van der Waals surface area (Å²) in [5, 5.41) is 9.02. The molecule has 1 aliphatic heterocycles. The second-order valence-corrected chi connectivity index (χ2v) is 6.73. The first-order valence-corrected chi connectivity index (χ1v) is 7.47. The zero-order valence-corrected chi connectivity index (χ0v) is 10.9. The van der Waals surface area contributed by atoms with Crippen LogP contribution in [0.4, 0.5) is 0 Å². The van der Waals surface area contributed by atoms with E-state index < -0.39 is 21.9 Å². The Hall–Kier alpha value is -1.27. The van der Waals surface area contributed by atoms with Gasteiger partial charge in [0.05, 0.1) is 22.1 Å². The number of carboxylic acids is 1. The highest BCUT2D eigenvalue weighted by Gasteiger charge is 2.29. The third-order valence-corrected chi connectivity index (χ3v) is 4.73. The molecule has 18 heavy (non-hydrogen) atoms. The van der Waals surface area contributed by atoms with Gasteiger partial charge in [-0.15, -0.1) is 0 Å². The number of aromatic carboxylic acids is 1. The molecule has 7 heteroatoms. The molecule has 1 N–H and O–H groups in total. The summed E-state index contributed by atoms with van der Waals surface area (Å²) in [5.74, 6) is -0.752. The number of hydrogen-bond acceptors (Lipinski definition) is 4. The zero-order valence-electron chi connectivity index (χ0n) is 9.30. The highest BCUT2D eigenvalue weighted by molar-refractivity contribution is 7.91. The number of carboxylic acid groups (broad SMARTS) is 1. The Morgan fingerprint density at radius 2 is 2.17 bits per heavy atom. The maximum atomic E-state index is 11.3. The van der Waals surface area contributed by atoms with Gasteiger partial charge in [-0.05, 0) is 24.6 Å². The number of hydrogen-bond donors (Lipinski definition) is 1. The van der Waals surface area contributed by atoms with Gasteiger partial charge in [-0.1, -0.05) is 11.6 Å². The summed E-state index contributed by atoms with van der Waals surface area (Å²) in [6, 6.07) is 4.25. The molecule has 0 aromatic heterocycles. The van der Waals surface area contributed by atoms with Crippen LogP contribution in [-0.2, 0) is 9.84 Å². The first-order chi connectivity index (χ1) is 8.37. The molecule has 5 nitrogen and oxygen atoms in total. The summed E-state index contributed by atoms with van der Waals surface area (Å²) >= 11 is 5.72. The van der Waals surface area contributed by atoms with E-state index in [0.717, 1.165) is 0 Å². The number of ether oxygens (including phenoxy) is 1. The normalized spacial score (nSPS) is 21.7. The lowest BCUT2D eigenvalue weighted by Crippen LogP contribution is -2.17. The standard InChI is InChI=1S/C11H11ClO5S/c12-10-2-1-7(5-9(10)11(13)14)17-8-3-4-18(15,16)6-8/h1-2,5,8H,3-4,6H2,(H,13,14). The molecule has 0 aliphatic carbocycles. The van der Waals surface area contributed by atoms with Gasteiger partial charge in [-0.3, -0.25) is 0 Å².